The molecule has 0 spiro atoms. The summed E-state index contributed by atoms with van der Waals surface area (Å²) in [6.45, 7) is 0. The van der Waals surface area contributed by atoms with Crippen LogP contribution in [0, 0.1) is 0 Å². The normalized spacial score (nSPS) is 11.0. The molecule has 9 heteroatoms. The standard InChI is InChI=1S/C48H35NOSi.C30H25NSi.C18H11BrO.CH4.B.FH/c1-6-18-36(19-7-1)43-28-16-30-45-47(43)48-44(29-17-31-46(48)50-45)49(37-20-8-2-9-21-37)38-32-34-42(35-33-38)51(39-22-10-3-11-23-39,40-24-12-4-13-25-40)41-26-14-5-15-27-41;1-5-13-25(14-6-1)31-26-21-23-30(24-22-26)32(27-15-7-2-8-16-27,28-17-9-3-10-18-28)29-19-11-4-12-20-29;19-14-9-5-11-16-18(14)17-13(8-4-10-15(17)20-16)12-6-2-1-3-7-12;;;/h1-35H;1-24,31H;1-11H;1H4;;1H. The summed E-state index contributed by atoms with van der Waals surface area (Å²) in [6, 6.07) is 152. The molecule has 106 heavy (non-hydrogen) atoms. The van der Waals surface area contributed by atoms with Crippen LogP contribution in [0.25, 0.3) is 66.1 Å². The van der Waals surface area contributed by atoms with E-state index in [1.165, 1.54) is 63.6 Å². The first-order valence-electron chi connectivity index (χ1n) is 34.9. The molecule has 2 aromatic heterocycles. The van der Waals surface area contributed by atoms with Crippen molar-refractivity contribution in [2.45, 2.75) is 7.43 Å². The largest absolute Gasteiger partial charge is 0.456 e. The summed E-state index contributed by atoms with van der Waals surface area (Å²) in [5, 5.41) is 19.0. The third kappa shape index (κ3) is 14.0. The molecular formula is C97H76BBrFN2O2Si2. The Bertz CT molecular complexity index is 5620. The van der Waals surface area contributed by atoms with Crippen LogP contribution in [0.3, 0.4) is 0 Å². The van der Waals surface area contributed by atoms with Gasteiger partial charge in [-0.3, -0.25) is 4.70 Å². The van der Waals surface area contributed by atoms with E-state index in [0.717, 1.165) is 77.0 Å². The number of nitrogens with one attached hydrogen (secondary N) is 1. The Morgan fingerprint density at radius 2 is 0.519 bits per heavy atom. The van der Waals surface area contributed by atoms with Gasteiger partial charge in [-0.15, -0.1) is 0 Å². The summed E-state index contributed by atoms with van der Waals surface area (Å²) in [7, 11) is -5.11. The van der Waals surface area contributed by atoms with Gasteiger partial charge < -0.3 is 19.1 Å². The third-order valence-corrected chi connectivity index (χ3v) is 29.8. The van der Waals surface area contributed by atoms with Gasteiger partial charge in [0.2, 0.25) is 0 Å². The van der Waals surface area contributed by atoms with Crippen molar-refractivity contribution in [3.63, 3.8) is 0 Å². The van der Waals surface area contributed by atoms with Crippen molar-refractivity contribution in [3.05, 3.63) is 429 Å². The maximum absolute atomic E-state index is 6.57. The van der Waals surface area contributed by atoms with Crippen LogP contribution < -0.4 is 51.7 Å². The van der Waals surface area contributed by atoms with Crippen molar-refractivity contribution >= 4 is 154 Å². The van der Waals surface area contributed by atoms with Crippen molar-refractivity contribution in [1.29, 1.82) is 0 Å². The van der Waals surface area contributed by atoms with Gasteiger partial charge in [-0.25, -0.2) is 0 Å². The zero-order chi connectivity index (χ0) is 69.2. The van der Waals surface area contributed by atoms with Gasteiger partial charge in [-0.05, 0) is 149 Å². The van der Waals surface area contributed by atoms with Gasteiger partial charge in [0.05, 0.1) is 11.1 Å². The van der Waals surface area contributed by atoms with E-state index in [0.29, 0.717) is 0 Å². The quantitative estimate of drug-likeness (QED) is 0.0820. The second-order valence-corrected chi connectivity index (χ2v) is 34.0. The van der Waals surface area contributed by atoms with Crippen LogP contribution in [-0.2, 0) is 0 Å². The Hall–Kier alpha value is -12.4. The van der Waals surface area contributed by atoms with Gasteiger partial charge >= 0.3 is 0 Å². The monoisotopic (exact) mass is 1470 g/mol. The number of furan rings is 2. The highest BCUT2D eigenvalue weighted by Gasteiger charge is 2.43. The first-order valence-corrected chi connectivity index (χ1v) is 39.7. The fourth-order valence-electron chi connectivity index (χ4n) is 15.1. The Kier molecular flexibility index (Phi) is 22.4. The zero-order valence-corrected chi connectivity index (χ0v) is 61.1. The molecule has 0 atom stereocenters. The number of para-hydroxylation sites is 2. The number of halogens is 2. The molecule has 2 heterocycles. The van der Waals surface area contributed by atoms with Crippen LogP contribution in [-0.4, -0.2) is 24.6 Å². The van der Waals surface area contributed by atoms with E-state index in [1.54, 1.807) is 0 Å². The van der Waals surface area contributed by atoms with Crippen molar-refractivity contribution in [1.82, 2.24) is 0 Å². The smallest absolute Gasteiger partial charge is 0.179 e. The number of fused-ring (bicyclic) bond motifs is 6. The van der Waals surface area contributed by atoms with E-state index in [4.69, 9.17) is 8.83 Å². The molecule has 4 nitrogen and oxygen atoms in total. The number of benzene rings is 16. The average Bonchev–Trinajstić information content (AvgIpc) is 1.47. The number of hydrogen-bond acceptors (Lipinski definition) is 4. The molecule has 0 bridgehead atoms. The minimum atomic E-state index is -2.66. The van der Waals surface area contributed by atoms with Crippen LogP contribution >= 0.6 is 15.9 Å². The first-order chi connectivity index (χ1) is 51.0. The molecule has 18 aromatic rings. The van der Waals surface area contributed by atoms with Crippen LogP contribution in [0.15, 0.2) is 438 Å². The molecule has 16 aromatic carbocycles. The number of nitrogens with zero attached hydrogens (tertiary/aromatic N) is 1. The molecule has 18 rings (SSSR count). The third-order valence-electron chi connectivity index (χ3n) is 19.6. The molecule has 0 amide bonds. The molecule has 511 valence electrons. The van der Waals surface area contributed by atoms with Crippen molar-refractivity contribution in [3.8, 4) is 22.3 Å². The second kappa shape index (κ2) is 33.0. The van der Waals surface area contributed by atoms with Gasteiger partial charge in [0.25, 0.3) is 0 Å². The van der Waals surface area contributed by atoms with Crippen LogP contribution in [0.4, 0.5) is 33.1 Å². The molecule has 1 N–H and O–H groups in total. The van der Waals surface area contributed by atoms with E-state index in [1.807, 2.05) is 36.4 Å². The fraction of sp³-hybridized carbons (Fsp3) is 0.0103. The highest BCUT2D eigenvalue weighted by atomic mass is 79.9. The van der Waals surface area contributed by atoms with E-state index in [2.05, 4.69) is 414 Å². The highest BCUT2D eigenvalue weighted by Crippen LogP contribution is 2.46. The van der Waals surface area contributed by atoms with E-state index < -0.39 is 16.1 Å². The van der Waals surface area contributed by atoms with E-state index in [-0.39, 0.29) is 20.5 Å². The average molecular weight is 1470 g/mol. The summed E-state index contributed by atoms with van der Waals surface area (Å²) < 4.78 is 13.6. The Morgan fingerprint density at radius 1 is 0.245 bits per heavy atom. The van der Waals surface area contributed by atoms with Gasteiger partial charge in [0, 0.05) is 51.8 Å². The minimum Gasteiger partial charge on any atom is -0.456 e. The van der Waals surface area contributed by atoms with Crippen molar-refractivity contribution in [2.24, 2.45) is 0 Å². The Labute approximate surface area is 632 Å². The predicted octanol–water partition coefficient (Wildman–Crippen LogP) is 21.3. The number of rotatable bonds is 15. The summed E-state index contributed by atoms with van der Waals surface area (Å²) >= 11 is 3.64. The fourth-order valence-corrected chi connectivity index (χ4v) is 25.1. The molecule has 0 unspecified atom stereocenters. The van der Waals surface area contributed by atoms with Crippen LogP contribution in [0.1, 0.15) is 7.43 Å². The lowest BCUT2D eigenvalue weighted by Crippen LogP contribution is -2.74. The lowest BCUT2D eigenvalue weighted by molar-refractivity contribution is 0.668. The minimum absolute atomic E-state index is 0. The summed E-state index contributed by atoms with van der Waals surface area (Å²) in [5.41, 5.74) is 13.8. The van der Waals surface area contributed by atoms with Gasteiger partial charge in [0.15, 0.2) is 16.1 Å². The Morgan fingerprint density at radius 3 is 0.906 bits per heavy atom. The first kappa shape index (κ1) is 72.0. The maximum Gasteiger partial charge on any atom is 0.179 e. The molecular weight excluding hydrogens is 1390 g/mol. The molecule has 0 saturated heterocycles. The Balaban J connectivity index is 0.000000154. The lowest BCUT2D eigenvalue weighted by Gasteiger charge is -2.35. The predicted molar refractivity (Wildman–Crippen MR) is 459 cm³/mol. The summed E-state index contributed by atoms with van der Waals surface area (Å²) in [5.74, 6) is 0. The van der Waals surface area contributed by atoms with Gasteiger partial charge in [-0.2, -0.15) is 0 Å². The zero-order valence-electron chi connectivity index (χ0n) is 57.5. The van der Waals surface area contributed by atoms with E-state index in [9.17, 15) is 0 Å². The molecule has 0 aliphatic rings. The number of anilines is 5. The van der Waals surface area contributed by atoms with E-state index >= 15 is 0 Å². The van der Waals surface area contributed by atoms with Gasteiger partial charge in [-0.1, -0.05) is 363 Å². The van der Waals surface area contributed by atoms with Crippen molar-refractivity contribution < 1.29 is 13.5 Å². The summed E-state index contributed by atoms with van der Waals surface area (Å²) in [6.07, 6.45) is 0. The van der Waals surface area contributed by atoms with Crippen molar-refractivity contribution in [2.75, 3.05) is 10.2 Å². The topological polar surface area (TPSA) is 41.6 Å². The van der Waals surface area contributed by atoms with Crippen LogP contribution in [0.2, 0.25) is 0 Å². The van der Waals surface area contributed by atoms with Crippen LogP contribution in [0.5, 0.6) is 0 Å². The molecule has 3 radical (unpaired) electrons. The summed E-state index contributed by atoms with van der Waals surface area (Å²) in [4.78, 5) is 2.37. The van der Waals surface area contributed by atoms with Gasteiger partial charge in [0.1, 0.15) is 22.3 Å². The number of hydrogen-bond donors (Lipinski definition) is 1. The molecule has 0 saturated carbocycles. The molecule has 0 aliphatic heterocycles. The second-order valence-electron chi connectivity index (χ2n) is 25.5. The highest BCUT2D eigenvalue weighted by molar-refractivity contribution is 9.10. The SMILES string of the molecule is Brc1cccc2oc3cccc(-c4ccccc4)c3c12.C.F.[B].c1ccc(-c2cccc3oc4cccc(N(c5ccccc5)c5ccc([Si](c6ccccc6)(c6ccccc6)c6ccccc6)cc5)c4c23)cc1.c1ccc(Nc2ccc([Si](c3ccccc3)(c3ccccc3)c3ccccc3)cc2)cc1. The maximum atomic E-state index is 6.57. The molecule has 0 fully saturated rings. The molecule has 0 aliphatic carbocycles. The lowest BCUT2D eigenvalue weighted by atomic mass is 9.98.